The highest BCUT2D eigenvalue weighted by Crippen LogP contribution is 2.58. The van der Waals surface area contributed by atoms with Gasteiger partial charge in [-0.2, -0.15) is 0 Å². The number of rotatable bonds is 3. The standard InChI is InChI=1S/C19H26O3/c1-2-9-7-13(16-8-15(9)20-16)12-4-3-11(18-19(12)22-18)10-5-6-14-17(10)21-14/h2,9-19H,1,3-8H2. The predicted molar refractivity (Wildman–Crippen MR) is 81.3 cm³/mol. The molecule has 3 aliphatic carbocycles. The third-order valence-corrected chi connectivity index (χ3v) is 7.78. The van der Waals surface area contributed by atoms with Crippen molar-refractivity contribution in [3.63, 3.8) is 0 Å². The molecule has 7 fully saturated rings. The summed E-state index contributed by atoms with van der Waals surface area (Å²) in [5.74, 6) is 3.63. The summed E-state index contributed by atoms with van der Waals surface area (Å²) < 4.78 is 18.1. The lowest BCUT2D eigenvalue weighted by molar-refractivity contribution is -0.216. The van der Waals surface area contributed by atoms with Gasteiger partial charge in [-0.25, -0.2) is 0 Å². The fourth-order valence-electron chi connectivity index (χ4n) is 6.51. The first-order valence-corrected chi connectivity index (χ1v) is 9.42. The average molecular weight is 302 g/mol. The van der Waals surface area contributed by atoms with Crippen molar-refractivity contribution < 1.29 is 14.2 Å². The molecule has 4 heterocycles. The summed E-state index contributed by atoms with van der Waals surface area (Å²) in [6, 6.07) is 0. The smallest absolute Gasteiger partial charge is 0.0876 e. The SMILES string of the molecule is C=CC1CC(C2CCC(C3CCC4OC43)C3OC23)C2CC1O2. The molecule has 22 heavy (non-hydrogen) atoms. The molecular weight excluding hydrogens is 276 g/mol. The second-order valence-electron chi connectivity index (χ2n) is 8.60. The molecule has 0 aromatic carbocycles. The number of fused-ring (bicyclic) bond motifs is 4. The summed E-state index contributed by atoms with van der Waals surface area (Å²) in [5, 5.41) is 0. The van der Waals surface area contributed by atoms with Gasteiger partial charge in [0.15, 0.2) is 0 Å². The van der Waals surface area contributed by atoms with Crippen molar-refractivity contribution in [2.24, 2.45) is 29.6 Å². The van der Waals surface area contributed by atoms with Crippen molar-refractivity contribution in [1.82, 2.24) is 0 Å². The molecule has 0 radical (unpaired) electrons. The van der Waals surface area contributed by atoms with Gasteiger partial charge in [0.25, 0.3) is 0 Å². The van der Waals surface area contributed by atoms with Crippen LogP contribution in [0.3, 0.4) is 0 Å². The van der Waals surface area contributed by atoms with Crippen molar-refractivity contribution >= 4 is 0 Å². The lowest BCUT2D eigenvalue weighted by atomic mass is 9.63. The van der Waals surface area contributed by atoms with Gasteiger partial charge in [0.2, 0.25) is 0 Å². The number of ether oxygens (including phenoxy) is 3. The van der Waals surface area contributed by atoms with Crippen LogP contribution in [0.5, 0.6) is 0 Å². The Balaban J connectivity index is 1.16. The van der Waals surface area contributed by atoms with Gasteiger partial charge in [-0.15, -0.1) is 6.58 Å². The molecule has 0 aromatic heterocycles. The monoisotopic (exact) mass is 302 g/mol. The zero-order chi connectivity index (χ0) is 14.4. The minimum absolute atomic E-state index is 0.480. The molecule has 4 saturated heterocycles. The summed E-state index contributed by atoms with van der Waals surface area (Å²) in [6.45, 7) is 4.02. The first-order valence-electron chi connectivity index (χ1n) is 9.42. The summed E-state index contributed by atoms with van der Waals surface area (Å²) in [4.78, 5) is 0. The second-order valence-corrected chi connectivity index (χ2v) is 8.60. The van der Waals surface area contributed by atoms with Crippen molar-refractivity contribution in [1.29, 1.82) is 0 Å². The van der Waals surface area contributed by atoms with Crippen LogP contribution >= 0.6 is 0 Å². The van der Waals surface area contributed by atoms with Crippen molar-refractivity contribution in [2.75, 3.05) is 0 Å². The zero-order valence-electron chi connectivity index (χ0n) is 13.1. The summed E-state index contributed by atoms with van der Waals surface area (Å²) in [6.07, 6.45) is 13.4. The van der Waals surface area contributed by atoms with E-state index in [2.05, 4.69) is 12.7 Å². The van der Waals surface area contributed by atoms with Crippen LogP contribution in [0.1, 0.15) is 38.5 Å². The molecule has 3 nitrogen and oxygen atoms in total. The molecule has 2 bridgehead atoms. The van der Waals surface area contributed by atoms with Gasteiger partial charge in [0.1, 0.15) is 0 Å². The maximum atomic E-state index is 6.23. The summed E-state index contributed by atoms with van der Waals surface area (Å²) in [7, 11) is 0. The maximum absolute atomic E-state index is 6.23. The van der Waals surface area contributed by atoms with Crippen molar-refractivity contribution in [3.8, 4) is 0 Å². The lowest BCUT2D eigenvalue weighted by Gasteiger charge is -2.53. The maximum Gasteiger partial charge on any atom is 0.0876 e. The Morgan fingerprint density at radius 2 is 1.32 bits per heavy atom. The first-order chi connectivity index (χ1) is 10.8. The van der Waals surface area contributed by atoms with Crippen LogP contribution < -0.4 is 0 Å². The third kappa shape index (κ3) is 1.68. The number of hydrogen-bond donors (Lipinski definition) is 0. The minimum Gasteiger partial charge on any atom is -0.374 e. The van der Waals surface area contributed by atoms with Crippen LogP contribution in [0.25, 0.3) is 0 Å². The molecule has 120 valence electrons. The van der Waals surface area contributed by atoms with E-state index in [1.165, 1.54) is 38.5 Å². The molecule has 3 heteroatoms. The quantitative estimate of drug-likeness (QED) is 0.594. The summed E-state index contributed by atoms with van der Waals surface area (Å²) >= 11 is 0. The topological polar surface area (TPSA) is 34.3 Å². The van der Waals surface area contributed by atoms with E-state index in [1.807, 2.05) is 0 Å². The minimum atomic E-state index is 0.480. The molecule has 11 unspecified atom stereocenters. The predicted octanol–water partition coefficient (Wildman–Crippen LogP) is 2.94. The van der Waals surface area contributed by atoms with E-state index < -0.39 is 0 Å². The van der Waals surface area contributed by atoms with E-state index in [1.54, 1.807) is 0 Å². The Morgan fingerprint density at radius 1 is 0.636 bits per heavy atom. The van der Waals surface area contributed by atoms with Crippen LogP contribution in [0.4, 0.5) is 0 Å². The van der Waals surface area contributed by atoms with Gasteiger partial charge >= 0.3 is 0 Å². The molecule has 11 atom stereocenters. The van der Waals surface area contributed by atoms with Crippen LogP contribution in [-0.2, 0) is 14.2 Å². The van der Waals surface area contributed by atoms with E-state index >= 15 is 0 Å². The van der Waals surface area contributed by atoms with E-state index in [0.29, 0.717) is 42.5 Å². The van der Waals surface area contributed by atoms with Crippen LogP contribution in [-0.4, -0.2) is 36.6 Å². The molecule has 0 amide bonds. The molecule has 7 rings (SSSR count). The molecule has 0 N–H and O–H groups in total. The average Bonchev–Trinajstić information content (AvgIpc) is 3.42. The molecule has 4 aliphatic heterocycles. The summed E-state index contributed by atoms with van der Waals surface area (Å²) in [5.41, 5.74) is 0. The fourth-order valence-corrected chi connectivity index (χ4v) is 6.51. The molecule has 0 aromatic rings. The Kier molecular flexibility index (Phi) is 2.58. The highest BCUT2D eigenvalue weighted by molar-refractivity contribution is 5.11. The van der Waals surface area contributed by atoms with Gasteiger partial charge in [-0.3, -0.25) is 0 Å². The Morgan fingerprint density at radius 3 is 1.95 bits per heavy atom. The van der Waals surface area contributed by atoms with Crippen molar-refractivity contribution in [2.45, 2.75) is 75.1 Å². The van der Waals surface area contributed by atoms with E-state index in [0.717, 1.165) is 23.7 Å². The van der Waals surface area contributed by atoms with Gasteiger partial charge in [0, 0.05) is 12.3 Å². The first kappa shape index (κ1) is 13.0. The van der Waals surface area contributed by atoms with E-state index in [4.69, 9.17) is 14.2 Å². The highest BCUT2D eigenvalue weighted by Gasteiger charge is 2.63. The van der Waals surface area contributed by atoms with E-state index in [9.17, 15) is 0 Å². The molecule has 7 aliphatic rings. The van der Waals surface area contributed by atoms with Crippen LogP contribution in [0.15, 0.2) is 12.7 Å². The third-order valence-electron chi connectivity index (χ3n) is 7.78. The van der Waals surface area contributed by atoms with Gasteiger partial charge < -0.3 is 14.2 Å². The van der Waals surface area contributed by atoms with E-state index in [-0.39, 0.29) is 0 Å². The van der Waals surface area contributed by atoms with Crippen LogP contribution in [0.2, 0.25) is 0 Å². The fraction of sp³-hybridized carbons (Fsp3) is 0.895. The highest BCUT2D eigenvalue weighted by atomic mass is 16.6. The van der Waals surface area contributed by atoms with Gasteiger partial charge in [-0.05, 0) is 55.8 Å². The Hall–Kier alpha value is -0.380. The molecular formula is C19H26O3. The number of epoxide rings is 2. The second kappa shape index (κ2) is 4.37. The largest absolute Gasteiger partial charge is 0.374 e. The Bertz CT molecular complexity index is 499. The Labute approximate surface area is 132 Å². The molecule has 0 spiro atoms. The number of hydrogen-bond acceptors (Lipinski definition) is 3. The van der Waals surface area contributed by atoms with Crippen LogP contribution in [0, 0.1) is 29.6 Å². The van der Waals surface area contributed by atoms with Gasteiger partial charge in [-0.1, -0.05) is 6.08 Å². The lowest BCUT2D eigenvalue weighted by Crippen LogP contribution is -2.55. The van der Waals surface area contributed by atoms with Gasteiger partial charge in [0.05, 0.1) is 36.6 Å². The molecule has 3 saturated carbocycles. The zero-order valence-corrected chi connectivity index (χ0v) is 13.1. The van der Waals surface area contributed by atoms with Crippen molar-refractivity contribution in [3.05, 3.63) is 12.7 Å². The normalized spacial score (nSPS) is 64.3.